The van der Waals surface area contributed by atoms with E-state index in [1.165, 1.54) is 59.4 Å². The van der Waals surface area contributed by atoms with E-state index < -0.39 is 11.7 Å². The summed E-state index contributed by atoms with van der Waals surface area (Å²) in [4.78, 5) is 2.20. The smallest absolute Gasteiger partial charge is 0.305 e. The number of hydrogen-bond donors (Lipinski definition) is 0. The summed E-state index contributed by atoms with van der Waals surface area (Å²) in [6.07, 6.45) is -0.580. The van der Waals surface area contributed by atoms with Crippen LogP contribution in [0.1, 0.15) is 30.4 Å². The lowest BCUT2D eigenvalue weighted by atomic mass is 9.87. The number of allylic oxidation sites excluding steroid dienone is 1. The molecular weight excluding hydrogens is 367 g/mol. The first-order valence-electron chi connectivity index (χ1n) is 8.31. The van der Waals surface area contributed by atoms with Crippen molar-refractivity contribution in [1.82, 2.24) is 4.90 Å². The fourth-order valence-corrected chi connectivity index (χ4v) is 5.40. The molecule has 2 aliphatic rings. The van der Waals surface area contributed by atoms with E-state index in [1.807, 2.05) is 0 Å². The molecule has 0 spiro atoms. The van der Waals surface area contributed by atoms with Crippen LogP contribution >= 0.6 is 23.7 Å². The molecule has 1 nitrogen and oxygen atoms in total. The summed E-state index contributed by atoms with van der Waals surface area (Å²) in [5, 5.41) is 3.04. The third-order valence-electron chi connectivity index (χ3n) is 5.36. The summed E-state index contributed by atoms with van der Waals surface area (Å²) < 4.78 is 39.6. The Labute approximate surface area is 155 Å². The molecule has 1 fully saturated rings. The normalized spacial score (nSPS) is 23.0. The van der Waals surface area contributed by atoms with Gasteiger partial charge < -0.3 is 4.90 Å². The van der Waals surface area contributed by atoms with Crippen molar-refractivity contribution in [3.8, 4) is 0 Å². The molecule has 0 N–H and O–H groups in total. The van der Waals surface area contributed by atoms with Gasteiger partial charge in [-0.25, -0.2) is 0 Å². The predicted octanol–water partition coefficient (Wildman–Crippen LogP) is 6.09. The largest absolute Gasteiger partial charge is 0.416 e. The third kappa shape index (κ3) is 3.22. The van der Waals surface area contributed by atoms with Crippen LogP contribution in [0.4, 0.5) is 13.2 Å². The molecular formula is C19H21ClF3NS. The summed E-state index contributed by atoms with van der Waals surface area (Å²) in [6.45, 7) is 0.953. The van der Waals surface area contributed by atoms with Gasteiger partial charge in [0, 0.05) is 11.2 Å². The maximum Gasteiger partial charge on any atom is 0.416 e. The van der Waals surface area contributed by atoms with Crippen LogP contribution in [0.25, 0.3) is 15.7 Å². The highest BCUT2D eigenvalue weighted by Gasteiger charge is 2.40. The van der Waals surface area contributed by atoms with Gasteiger partial charge in [0.2, 0.25) is 0 Å². The Balaban J connectivity index is 0.00000182. The lowest BCUT2D eigenvalue weighted by Gasteiger charge is -2.22. The molecule has 1 aromatic carbocycles. The average molecular weight is 388 g/mol. The first-order valence-corrected chi connectivity index (χ1v) is 9.19. The van der Waals surface area contributed by atoms with Crippen molar-refractivity contribution in [3.63, 3.8) is 0 Å². The van der Waals surface area contributed by atoms with Crippen LogP contribution in [-0.2, 0) is 6.18 Å². The number of alkyl halides is 3. The molecule has 136 valence electrons. The highest BCUT2D eigenvalue weighted by Crippen LogP contribution is 2.54. The number of hydrogen-bond acceptors (Lipinski definition) is 2. The summed E-state index contributed by atoms with van der Waals surface area (Å²) in [5.74, 6) is 1.25. The molecule has 1 aromatic heterocycles. The number of nitrogens with zero attached hydrogens (tertiary/aromatic N) is 1. The van der Waals surface area contributed by atoms with Crippen molar-refractivity contribution in [2.24, 2.45) is 11.8 Å². The molecule has 4 rings (SSSR count). The minimum Gasteiger partial charge on any atom is -0.305 e. The zero-order valence-corrected chi connectivity index (χ0v) is 15.8. The first kappa shape index (κ1) is 18.7. The highest BCUT2D eigenvalue weighted by molar-refractivity contribution is 7.17. The lowest BCUT2D eigenvalue weighted by Crippen LogP contribution is -2.19. The van der Waals surface area contributed by atoms with Crippen molar-refractivity contribution in [3.05, 3.63) is 40.3 Å². The zero-order valence-electron chi connectivity index (χ0n) is 14.2. The Morgan fingerprint density at radius 2 is 1.88 bits per heavy atom. The minimum atomic E-state index is -4.28. The van der Waals surface area contributed by atoms with Crippen LogP contribution in [0.2, 0.25) is 0 Å². The first-order chi connectivity index (χ1) is 11.3. The summed E-state index contributed by atoms with van der Waals surface area (Å²) in [6, 6.07) is 4.18. The zero-order chi connectivity index (χ0) is 17.1. The van der Waals surface area contributed by atoms with Crippen LogP contribution in [0, 0.1) is 11.8 Å². The summed E-state index contributed by atoms with van der Waals surface area (Å²) >= 11 is 1.43. The van der Waals surface area contributed by atoms with Crippen LogP contribution in [0.15, 0.2) is 29.2 Å². The van der Waals surface area contributed by atoms with E-state index >= 15 is 0 Å². The van der Waals surface area contributed by atoms with Crippen LogP contribution in [0.5, 0.6) is 0 Å². The van der Waals surface area contributed by atoms with Crippen molar-refractivity contribution >= 4 is 39.4 Å². The minimum absolute atomic E-state index is 0. The van der Waals surface area contributed by atoms with Gasteiger partial charge in [-0.05, 0) is 84.8 Å². The van der Waals surface area contributed by atoms with Crippen LogP contribution in [-0.4, -0.2) is 25.5 Å². The Kier molecular flexibility index (Phi) is 4.95. The van der Waals surface area contributed by atoms with Gasteiger partial charge in [0.1, 0.15) is 0 Å². The van der Waals surface area contributed by atoms with E-state index in [-0.39, 0.29) is 12.4 Å². The second-order valence-electron chi connectivity index (χ2n) is 7.24. The molecule has 1 heterocycles. The van der Waals surface area contributed by atoms with Crippen molar-refractivity contribution in [1.29, 1.82) is 0 Å². The topological polar surface area (TPSA) is 3.24 Å². The van der Waals surface area contributed by atoms with Gasteiger partial charge in [-0.3, -0.25) is 0 Å². The van der Waals surface area contributed by atoms with E-state index in [4.69, 9.17) is 0 Å². The summed E-state index contributed by atoms with van der Waals surface area (Å²) in [5.41, 5.74) is 3.55. The molecule has 0 saturated heterocycles. The Bertz CT molecular complexity index is 822. The molecule has 2 aromatic rings. The standard InChI is InChI=1S/C19H20F3NS.ClH/c1-23(2)9-15-11-3-4-12(7-11)18(15)16-10-24-17-8-13(19(20,21)22)5-6-14(16)17;/h5-6,8,10-12H,3-4,7,9H2,1-2H3;1H. The van der Waals surface area contributed by atoms with Crippen molar-refractivity contribution in [2.75, 3.05) is 20.6 Å². The number of fused-ring (bicyclic) bond motifs is 3. The molecule has 1 saturated carbocycles. The van der Waals surface area contributed by atoms with Gasteiger partial charge in [-0.15, -0.1) is 23.7 Å². The van der Waals surface area contributed by atoms with Crippen molar-refractivity contribution in [2.45, 2.75) is 25.4 Å². The predicted molar refractivity (Wildman–Crippen MR) is 100 cm³/mol. The van der Waals surface area contributed by atoms with Gasteiger partial charge >= 0.3 is 6.18 Å². The van der Waals surface area contributed by atoms with Crippen LogP contribution < -0.4 is 0 Å². The maximum atomic E-state index is 12.9. The monoisotopic (exact) mass is 387 g/mol. The van der Waals surface area contributed by atoms with Crippen LogP contribution in [0.3, 0.4) is 0 Å². The Morgan fingerprint density at radius 1 is 1.16 bits per heavy atom. The van der Waals surface area contributed by atoms with E-state index in [2.05, 4.69) is 24.4 Å². The molecule has 2 bridgehead atoms. The van der Waals surface area contributed by atoms with E-state index in [0.29, 0.717) is 11.8 Å². The molecule has 0 amide bonds. The molecule has 6 heteroatoms. The molecule has 25 heavy (non-hydrogen) atoms. The second kappa shape index (κ2) is 6.60. The van der Waals surface area contributed by atoms with Gasteiger partial charge in [0.05, 0.1) is 5.56 Å². The van der Waals surface area contributed by atoms with Gasteiger partial charge in [0.15, 0.2) is 0 Å². The number of halogens is 4. The maximum absolute atomic E-state index is 12.9. The number of thiophene rings is 1. The Morgan fingerprint density at radius 3 is 2.56 bits per heavy atom. The number of benzene rings is 1. The van der Waals surface area contributed by atoms with Gasteiger partial charge in [0.25, 0.3) is 0 Å². The van der Waals surface area contributed by atoms with Gasteiger partial charge in [-0.2, -0.15) is 13.2 Å². The quantitative estimate of drug-likeness (QED) is 0.616. The molecule has 0 aliphatic heterocycles. The molecule has 2 atom stereocenters. The van der Waals surface area contributed by atoms with E-state index in [1.54, 1.807) is 6.07 Å². The highest BCUT2D eigenvalue weighted by atomic mass is 35.5. The number of likely N-dealkylation sites (N-methyl/N-ethyl adjacent to an activating group) is 1. The van der Waals surface area contributed by atoms with E-state index in [9.17, 15) is 13.2 Å². The summed E-state index contributed by atoms with van der Waals surface area (Å²) in [7, 11) is 4.16. The molecule has 2 aliphatic carbocycles. The van der Waals surface area contributed by atoms with Gasteiger partial charge in [-0.1, -0.05) is 6.07 Å². The average Bonchev–Trinajstić information content (AvgIpc) is 3.18. The second-order valence-corrected chi connectivity index (χ2v) is 8.15. The SMILES string of the molecule is CN(C)CC1=C(c2csc3cc(C(F)(F)F)ccc23)C2CCC1C2.Cl. The number of rotatable bonds is 3. The van der Waals surface area contributed by atoms with E-state index in [0.717, 1.165) is 16.6 Å². The fraction of sp³-hybridized carbons (Fsp3) is 0.474. The fourth-order valence-electron chi connectivity index (χ4n) is 4.40. The molecule has 0 radical (unpaired) electrons. The third-order valence-corrected chi connectivity index (χ3v) is 6.30. The Hall–Kier alpha value is -1.04. The molecule has 2 unspecified atom stereocenters. The lowest BCUT2D eigenvalue weighted by molar-refractivity contribution is -0.137. The van der Waals surface area contributed by atoms with Crippen molar-refractivity contribution < 1.29 is 13.2 Å².